The first-order chi connectivity index (χ1) is 9.32. The quantitative estimate of drug-likeness (QED) is 0.655. The van der Waals surface area contributed by atoms with E-state index in [0.29, 0.717) is 23.8 Å². The molecule has 0 aliphatic heterocycles. The maximum atomic E-state index is 11.1. The molecule has 0 saturated heterocycles. The molecule has 2 atom stereocenters. The van der Waals surface area contributed by atoms with Crippen molar-refractivity contribution in [2.24, 2.45) is 11.3 Å². The highest BCUT2D eigenvalue weighted by Gasteiger charge is 2.36. The van der Waals surface area contributed by atoms with Gasteiger partial charge < -0.3 is 5.32 Å². The minimum atomic E-state index is -0.286. The molecule has 0 bridgehead atoms. The summed E-state index contributed by atoms with van der Waals surface area (Å²) in [5.74, 6) is 0.593. The third kappa shape index (κ3) is 3.11. The van der Waals surface area contributed by atoms with Gasteiger partial charge in [-0.15, -0.1) is 0 Å². The van der Waals surface area contributed by atoms with Gasteiger partial charge in [-0.25, -0.2) is 0 Å². The Labute approximate surface area is 120 Å². The smallest absolute Gasteiger partial charge is 0.274 e. The fraction of sp³-hybridized carbons (Fsp3) is 0.625. The van der Waals surface area contributed by atoms with Gasteiger partial charge in [0.25, 0.3) is 5.69 Å². The Kier molecular flexibility index (Phi) is 4.02. The summed E-state index contributed by atoms with van der Waals surface area (Å²) in [6.45, 7) is 8.76. The van der Waals surface area contributed by atoms with Gasteiger partial charge in [0.05, 0.1) is 4.92 Å². The van der Waals surface area contributed by atoms with Gasteiger partial charge in [0, 0.05) is 23.4 Å². The molecule has 1 aliphatic rings. The van der Waals surface area contributed by atoms with Crippen LogP contribution in [0.15, 0.2) is 18.2 Å². The number of nitro benzene ring substituents is 1. The van der Waals surface area contributed by atoms with E-state index >= 15 is 0 Å². The van der Waals surface area contributed by atoms with Gasteiger partial charge in [0.2, 0.25) is 0 Å². The van der Waals surface area contributed by atoms with Crippen molar-refractivity contribution < 1.29 is 4.92 Å². The van der Waals surface area contributed by atoms with Crippen molar-refractivity contribution in [2.45, 2.75) is 53.0 Å². The van der Waals surface area contributed by atoms with Crippen molar-refractivity contribution in [3.05, 3.63) is 33.9 Å². The summed E-state index contributed by atoms with van der Waals surface area (Å²) in [6, 6.07) is 5.91. The molecule has 2 unspecified atom stereocenters. The highest BCUT2D eigenvalue weighted by atomic mass is 16.6. The topological polar surface area (TPSA) is 55.2 Å². The monoisotopic (exact) mass is 276 g/mol. The molecular formula is C16H24N2O2. The molecule has 1 aromatic rings. The van der Waals surface area contributed by atoms with E-state index < -0.39 is 0 Å². The lowest BCUT2D eigenvalue weighted by Crippen LogP contribution is -2.22. The fourth-order valence-electron chi connectivity index (χ4n) is 3.42. The van der Waals surface area contributed by atoms with Crippen LogP contribution in [0.1, 0.15) is 46.1 Å². The van der Waals surface area contributed by atoms with Gasteiger partial charge in [-0.1, -0.05) is 33.8 Å². The molecule has 20 heavy (non-hydrogen) atoms. The van der Waals surface area contributed by atoms with Gasteiger partial charge in [0.15, 0.2) is 0 Å². The summed E-state index contributed by atoms with van der Waals surface area (Å²) < 4.78 is 0. The number of aryl methyl sites for hydroxylation is 1. The van der Waals surface area contributed by atoms with Crippen LogP contribution < -0.4 is 5.32 Å². The highest BCUT2D eigenvalue weighted by Crippen LogP contribution is 2.42. The van der Waals surface area contributed by atoms with Gasteiger partial charge in [-0.05, 0) is 36.7 Å². The molecule has 2 rings (SSSR count). The standard InChI is InChI=1S/C16H24N2O2/c1-5-12-6-7-13(8-15(12)18(19)20)17-14-10-16(3,4)9-11(14)2/h6-8,11,14,17H,5,9-10H2,1-4H3. The summed E-state index contributed by atoms with van der Waals surface area (Å²) in [7, 11) is 0. The van der Waals surface area contributed by atoms with Gasteiger partial charge >= 0.3 is 0 Å². The third-order valence-electron chi connectivity index (χ3n) is 4.35. The van der Waals surface area contributed by atoms with Crippen molar-refractivity contribution in [1.29, 1.82) is 0 Å². The molecule has 0 spiro atoms. The van der Waals surface area contributed by atoms with E-state index in [1.807, 2.05) is 19.1 Å². The van der Waals surface area contributed by atoms with E-state index in [2.05, 4.69) is 26.1 Å². The molecule has 110 valence electrons. The molecule has 1 fully saturated rings. The van der Waals surface area contributed by atoms with Crippen LogP contribution in [0, 0.1) is 21.4 Å². The lowest BCUT2D eigenvalue weighted by molar-refractivity contribution is -0.385. The van der Waals surface area contributed by atoms with E-state index in [9.17, 15) is 10.1 Å². The molecule has 4 heteroatoms. The number of hydrogen-bond acceptors (Lipinski definition) is 3. The highest BCUT2D eigenvalue weighted by molar-refractivity contribution is 5.56. The molecular weight excluding hydrogens is 252 g/mol. The van der Waals surface area contributed by atoms with E-state index in [1.165, 1.54) is 6.42 Å². The second-order valence-electron chi connectivity index (χ2n) is 6.75. The first kappa shape index (κ1) is 14.8. The number of benzene rings is 1. The zero-order valence-electron chi connectivity index (χ0n) is 12.8. The molecule has 1 saturated carbocycles. The van der Waals surface area contributed by atoms with Crippen molar-refractivity contribution in [3.8, 4) is 0 Å². The second-order valence-corrected chi connectivity index (χ2v) is 6.75. The lowest BCUT2D eigenvalue weighted by atomic mass is 9.91. The minimum absolute atomic E-state index is 0.224. The summed E-state index contributed by atoms with van der Waals surface area (Å²) >= 11 is 0. The van der Waals surface area contributed by atoms with Gasteiger partial charge in [-0.3, -0.25) is 10.1 Å². The van der Waals surface area contributed by atoms with Crippen LogP contribution in [0.2, 0.25) is 0 Å². The average Bonchev–Trinajstić information content (AvgIpc) is 2.62. The summed E-state index contributed by atoms with van der Waals surface area (Å²) in [5.41, 5.74) is 2.23. The van der Waals surface area contributed by atoms with E-state index in [4.69, 9.17) is 0 Å². The Morgan fingerprint density at radius 1 is 1.40 bits per heavy atom. The lowest BCUT2D eigenvalue weighted by Gasteiger charge is -2.20. The normalized spacial score (nSPS) is 24.6. The Hall–Kier alpha value is -1.58. The Balaban J connectivity index is 2.18. The molecule has 0 aromatic heterocycles. The third-order valence-corrected chi connectivity index (χ3v) is 4.35. The summed E-state index contributed by atoms with van der Waals surface area (Å²) in [6.07, 6.45) is 2.99. The Morgan fingerprint density at radius 3 is 2.60 bits per heavy atom. The van der Waals surface area contributed by atoms with E-state index in [-0.39, 0.29) is 10.6 Å². The fourth-order valence-corrected chi connectivity index (χ4v) is 3.42. The van der Waals surface area contributed by atoms with Gasteiger partial charge in [0.1, 0.15) is 0 Å². The van der Waals surface area contributed by atoms with E-state index in [0.717, 1.165) is 17.7 Å². The average molecular weight is 276 g/mol. The molecule has 1 aromatic carbocycles. The van der Waals surface area contributed by atoms with Crippen molar-refractivity contribution >= 4 is 11.4 Å². The first-order valence-corrected chi connectivity index (χ1v) is 7.36. The van der Waals surface area contributed by atoms with Crippen LogP contribution in [0.4, 0.5) is 11.4 Å². The number of nitrogens with one attached hydrogen (secondary N) is 1. The van der Waals surface area contributed by atoms with Crippen LogP contribution in [0.25, 0.3) is 0 Å². The van der Waals surface area contributed by atoms with Crippen LogP contribution in [0.3, 0.4) is 0 Å². The number of hydrogen-bond donors (Lipinski definition) is 1. The molecule has 4 nitrogen and oxygen atoms in total. The SMILES string of the molecule is CCc1ccc(NC2CC(C)(C)CC2C)cc1[N+](=O)[O-]. The number of anilines is 1. The number of nitro groups is 1. The maximum Gasteiger partial charge on any atom is 0.274 e. The van der Waals surface area contributed by atoms with Crippen LogP contribution >= 0.6 is 0 Å². The number of nitrogens with zero attached hydrogens (tertiary/aromatic N) is 1. The second kappa shape index (κ2) is 5.43. The first-order valence-electron chi connectivity index (χ1n) is 7.36. The zero-order valence-corrected chi connectivity index (χ0v) is 12.8. The summed E-state index contributed by atoms with van der Waals surface area (Å²) in [4.78, 5) is 10.8. The van der Waals surface area contributed by atoms with Crippen molar-refractivity contribution in [2.75, 3.05) is 5.32 Å². The number of rotatable bonds is 4. The molecule has 0 amide bonds. The van der Waals surface area contributed by atoms with Crippen LogP contribution in [-0.2, 0) is 6.42 Å². The zero-order chi connectivity index (χ0) is 14.9. The predicted molar refractivity (Wildman–Crippen MR) is 82.1 cm³/mol. The molecule has 1 N–H and O–H groups in total. The van der Waals surface area contributed by atoms with Gasteiger partial charge in [-0.2, -0.15) is 0 Å². The Morgan fingerprint density at radius 2 is 2.10 bits per heavy atom. The minimum Gasteiger partial charge on any atom is -0.382 e. The van der Waals surface area contributed by atoms with E-state index in [1.54, 1.807) is 6.07 Å². The molecule has 1 aliphatic carbocycles. The predicted octanol–water partition coefficient (Wildman–Crippen LogP) is 4.39. The molecule has 0 heterocycles. The Bertz CT molecular complexity index is 511. The van der Waals surface area contributed by atoms with Crippen molar-refractivity contribution in [1.82, 2.24) is 0 Å². The van der Waals surface area contributed by atoms with Crippen LogP contribution in [-0.4, -0.2) is 11.0 Å². The van der Waals surface area contributed by atoms with Crippen molar-refractivity contribution in [3.63, 3.8) is 0 Å². The summed E-state index contributed by atoms with van der Waals surface area (Å²) in [5, 5.41) is 14.6. The maximum absolute atomic E-state index is 11.1. The molecule has 0 radical (unpaired) electrons. The largest absolute Gasteiger partial charge is 0.382 e. The van der Waals surface area contributed by atoms with Crippen LogP contribution in [0.5, 0.6) is 0 Å².